The summed E-state index contributed by atoms with van der Waals surface area (Å²) in [6.07, 6.45) is 9.58. The topological polar surface area (TPSA) is 87.1 Å². The zero-order chi connectivity index (χ0) is 30.6. The first kappa shape index (κ1) is 31.3. The van der Waals surface area contributed by atoms with Crippen molar-refractivity contribution in [3.63, 3.8) is 0 Å². The lowest BCUT2D eigenvalue weighted by Crippen LogP contribution is -2.55. The highest BCUT2D eigenvalue weighted by atomic mass is 32.2. The van der Waals surface area contributed by atoms with Gasteiger partial charge in [-0.3, -0.25) is 14.4 Å². The predicted octanol–water partition coefficient (Wildman–Crippen LogP) is 5.90. The summed E-state index contributed by atoms with van der Waals surface area (Å²) in [7, 11) is 0. The average molecular weight is 605 g/mol. The number of fused-ring (bicyclic) bond motifs is 2. The van der Waals surface area contributed by atoms with E-state index in [0.717, 1.165) is 48.6 Å². The van der Waals surface area contributed by atoms with Gasteiger partial charge in [0.15, 0.2) is 0 Å². The number of carbonyl (C=O) groups excluding carboxylic acids is 3. The van der Waals surface area contributed by atoms with Gasteiger partial charge in [-0.1, -0.05) is 55.3 Å². The molecule has 43 heavy (non-hydrogen) atoms. The van der Waals surface area contributed by atoms with Crippen LogP contribution in [0.25, 0.3) is 10.8 Å². The number of amides is 2. The van der Waals surface area contributed by atoms with Crippen LogP contribution in [0.1, 0.15) is 58.3 Å². The van der Waals surface area contributed by atoms with Crippen LogP contribution in [0.2, 0.25) is 0 Å². The van der Waals surface area contributed by atoms with Gasteiger partial charge in [0.1, 0.15) is 6.04 Å². The number of benzene rings is 2. The van der Waals surface area contributed by atoms with Gasteiger partial charge in [0.25, 0.3) is 5.91 Å². The number of aliphatic hydroxyl groups excluding tert-OH is 1. The van der Waals surface area contributed by atoms with E-state index in [2.05, 4.69) is 20.1 Å². The van der Waals surface area contributed by atoms with E-state index in [9.17, 15) is 19.5 Å². The quantitative estimate of drug-likeness (QED) is 0.155. The zero-order valence-electron chi connectivity index (χ0n) is 25.2. The lowest BCUT2D eigenvalue weighted by molar-refractivity contribution is -0.155. The van der Waals surface area contributed by atoms with Crippen LogP contribution in [-0.4, -0.2) is 69.6 Å². The minimum atomic E-state index is -0.699. The van der Waals surface area contributed by atoms with E-state index in [0.29, 0.717) is 39.0 Å². The molecule has 0 aliphatic carbocycles. The Bertz CT molecular complexity index is 1380. The number of nitrogens with zero attached hydrogens (tertiary/aromatic N) is 2. The third-order valence-corrected chi connectivity index (χ3v) is 11.5. The Kier molecular flexibility index (Phi) is 9.67. The number of likely N-dealkylation sites (tertiary alicyclic amines) is 1. The highest BCUT2D eigenvalue weighted by Gasteiger charge is 2.77. The molecule has 2 amide bonds. The molecule has 5 atom stereocenters. The smallest absolute Gasteiger partial charge is 0.311 e. The maximum absolute atomic E-state index is 14.8. The molecule has 5 rings (SSSR count). The van der Waals surface area contributed by atoms with Crippen molar-refractivity contribution in [3.8, 4) is 0 Å². The Hall–Kier alpha value is -3.10. The first-order valence-corrected chi connectivity index (χ1v) is 16.4. The zero-order valence-corrected chi connectivity index (χ0v) is 26.0. The molecule has 3 aliphatic rings. The molecule has 2 aromatic rings. The molecule has 1 N–H and O–H groups in total. The summed E-state index contributed by atoms with van der Waals surface area (Å²) < 4.78 is 4.58. The number of thioether (sulfide) groups is 1. The van der Waals surface area contributed by atoms with Crippen molar-refractivity contribution < 1.29 is 24.2 Å². The third-order valence-electron chi connectivity index (χ3n) is 9.49. The summed E-state index contributed by atoms with van der Waals surface area (Å²) in [5.74, 6) is -1.76. The molecule has 0 saturated carbocycles. The first-order chi connectivity index (χ1) is 20.8. The van der Waals surface area contributed by atoms with Crippen LogP contribution in [0.4, 0.5) is 5.69 Å². The summed E-state index contributed by atoms with van der Waals surface area (Å²) in [5.41, 5.74) is 0.765. The van der Waals surface area contributed by atoms with Crippen molar-refractivity contribution >= 4 is 46.0 Å². The standard InChI is InChI=1S/C35H44N2O5S/c1-4-6-13-23-42-33(41)29-28-31(39)37(21-11-7-8-12-22-38)30(35(28)19-18-34(29,3)43-35)32(40)36(20-5-2)27-17-16-25-14-9-10-15-26(25)24-27/h4-5,9-10,14-17,24,28-30,38H,1-2,6-8,11-13,18-23H2,3H3/t28-,29-,30?,34+,35?/m0/s1. The molecule has 230 valence electrons. The van der Waals surface area contributed by atoms with E-state index >= 15 is 0 Å². The molecule has 2 unspecified atom stereocenters. The van der Waals surface area contributed by atoms with E-state index in [1.165, 1.54) is 0 Å². The molecule has 2 aromatic carbocycles. The molecule has 3 aliphatic heterocycles. The summed E-state index contributed by atoms with van der Waals surface area (Å²) >= 11 is 1.67. The number of hydrogen-bond donors (Lipinski definition) is 1. The second-order valence-electron chi connectivity index (χ2n) is 12.3. The monoisotopic (exact) mass is 604 g/mol. The van der Waals surface area contributed by atoms with Crippen molar-refractivity contribution in [2.45, 2.75) is 73.8 Å². The summed E-state index contributed by atoms with van der Waals surface area (Å²) in [4.78, 5) is 46.4. The van der Waals surface area contributed by atoms with Crippen LogP contribution in [0.15, 0.2) is 67.8 Å². The number of ether oxygens (including phenoxy) is 1. The molecule has 3 saturated heterocycles. The van der Waals surface area contributed by atoms with Crippen LogP contribution in [0, 0.1) is 11.8 Å². The van der Waals surface area contributed by atoms with E-state index in [-0.39, 0.29) is 24.4 Å². The third kappa shape index (κ3) is 5.76. The normalized spacial score (nSPS) is 27.3. The van der Waals surface area contributed by atoms with Crippen LogP contribution in [0.5, 0.6) is 0 Å². The summed E-state index contributed by atoms with van der Waals surface area (Å²) in [6, 6.07) is 13.3. The maximum atomic E-state index is 14.8. The van der Waals surface area contributed by atoms with Crippen LogP contribution >= 0.6 is 11.8 Å². The van der Waals surface area contributed by atoms with Gasteiger partial charge in [0.05, 0.1) is 23.2 Å². The highest BCUT2D eigenvalue weighted by molar-refractivity contribution is 8.02. The molecule has 2 bridgehead atoms. The van der Waals surface area contributed by atoms with Gasteiger partial charge in [-0.25, -0.2) is 0 Å². The van der Waals surface area contributed by atoms with Crippen molar-refractivity contribution in [1.29, 1.82) is 0 Å². The lowest BCUT2D eigenvalue weighted by Gasteiger charge is -2.37. The maximum Gasteiger partial charge on any atom is 0.311 e. The molecule has 3 fully saturated rings. The second-order valence-corrected chi connectivity index (χ2v) is 14.2. The van der Waals surface area contributed by atoms with Gasteiger partial charge in [0, 0.05) is 30.1 Å². The Morgan fingerprint density at radius 1 is 1.07 bits per heavy atom. The fourth-order valence-corrected chi connectivity index (χ4v) is 9.82. The number of aliphatic hydroxyl groups is 1. The van der Waals surface area contributed by atoms with Gasteiger partial charge < -0.3 is 19.6 Å². The van der Waals surface area contributed by atoms with Gasteiger partial charge in [-0.2, -0.15) is 0 Å². The molecule has 8 heteroatoms. The minimum Gasteiger partial charge on any atom is -0.465 e. The first-order valence-electron chi connectivity index (χ1n) is 15.6. The van der Waals surface area contributed by atoms with Crippen molar-refractivity contribution in [1.82, 2.24) is 4.90 Å². The number of anilines is 1. The van der Waals surface area contributed by atoms with Gasteiger partial charge in [-0.15, -0.1) is 24.9 Å². The molecular formula is C35H44N2O5S. The number of carbonyl (C=O) groups is 3. The number of hydrogen-bond acceptors (Lipinski definition) is 6. The highest BCUT2D eigenvalue weighted by Crippen LogP contribution is 2.71. The Morgan fingerprint density at radius 3 is 2.58 bits per heavy atom. The largest absolute Gasteiger partial charge is 0.465 e. The number of esters is 1. The van der Waals surface area contributed by atoms with E-state index < -0.39 is 27.4 Å². The Labute approximate surface area is 259 Å². The molecular weight excluding hydrogens is 560 g/mol. The van der Waals surface area contributed by atoms with Gasteiger partial charge in [0.2, 0.25) is 5.91 Å². The second kappa shape index (κ2) is 13.3. The fraction of sp³-hybridized carbons (Fsp3) is 0.514. The molecule has 1 spiro atoms. The van der Waals surface area contributed by atoms with Crippen LogP contribution < -0.4 is 4.90 Å². The molecule has 0 aromatic heterocycles. The molecule has 3 heterocycles. The van der Waals surface area contributed by atoms with Crippen molar-refractivity contribution in [2.24, 2.45) is 11.8 Å². The Balaban J connectivity index is 1.50. The number of rotatable bonds is 15. The summed E-state index contributed by atoms with van der Waals surface area (Å²) in [6.45, 7) is 10.9. The minimum absolute atomic E-state index is 0.110. The SMILES string of the molecule is C=CCCCOC(=O)[C@@H]1[C@H]2C(=O)N(CCCCCCO)C(C(=O)N(CC=C)c3ccc4ccccc4c3)C23CC[C@@]1(C)S3. The Morgan fingerprint density at radius 2 is 1.84 bits per heavy atom. The predicted molar refractivity (Wildman–Crippen MR) is 173 cm³/mol. The molecule has 0 radical (unpaired) electrons. The van der Waals surface area contributed by atoms with Crippen LogP contribution in [-0.2, 0) is 19.1 Å². The number of allylic oxidation sites excluding steroid dienone is 1. The van der Waals surface area contributed by atoms with Gasteiger partial charge in [-0.05, 0) is 68.4 Å². The van der Waals surface area contributed by atoms with Crippen molar-refractivity contribution in [2.75, 3.05) is 31.2 Å². The van der Waals surface area contributed by atoms with E-state index in [1.807, 2.05) is 42.5 Å². The van der Waals surface area contributed by atoms with Crippen molar-refractivity contribution in [3.05, 3.63) is 67.8 Å². The summed E-state index contributed by atoms with van der Waals surface area (Å²) in [5, 5.41) is 11.3. The van der Waals surface area contributed by atoms with E-state index in [1.54, 1.807) is 33.7 Å². The van der Waals surface area contributed by atoms with Crippen LogP contribution in [0.3, 0.4) is 0 Å². The average Bonchev–Trinajstić information content (AvgIpc) is 3.58. The number of unbranched alkanes of at least 4 members (excludes halogenated alkanes) is 4. The fourth-order valence-electron chi connectivity index (χ4n) is 7.48. The molecule has 7 nitrogen and oxygen atoms in total. The lowest BCUT2D eigenvalue weighted by atomic mass is 9.66. The van der Waals surface area contributed by atoms with Gasteiger partial charge >= 0.3 is 5.97 Å². The van der Waals surface area contributed by atoms with E-state index in [4.69, 9.17) is 4.74 Å².